The molecule has 0 aliphatic carbocycles. The van der Waals surface area contributed by atoms with Gasteiger partial charge in [0.1, 0.15) is 0 Å². The van der Waals surface area contributed by atoms with E-state index in [4.69, 9.17) is 0 Å². The van der Waals surface area contributed by atoms with Crippen LogP contribution in [0.2, 0.25) is 0 Å². The van der Waals surface area contributed by atoms with Crippen LogP contribution in [0.15, 0.2) is 48.5 Å². The van der Waals surface area contributed by atoms with Crippen molar-refractivity contribution >= 4 is 32.3 Å². The number of aromatic hydroxyl groups is 1. The molecule has 0 bridgehead atoms. The van der Waals surface area contributed by atoms with E-state index < -0.39 is 0 Å². The maximum absolute atomic E-state index is 9.91. The van der Waals surface area contributed by atoms with Crippen molar-refractivity contribution in [1.82, 2.24) is 0 Å². The average molecular weight is 240 g/mol. The monoisotopic (exact) mass is 240 g/mol. The zero-order valence-corrected chi connectivity index (χ0v) is 12.1. The molecular formula is C16H9NaO. The fraction of sp³-hybridized carbons (Fsp3) is 0. The Balaban J connectivity index is 0.000001000. The minimum atomic E-state index is 0. The normalized spacial score (nSPS) is 11.1. The van der Waals surface area contributed by atoms with Crippen LogP contribution in [0.3, 0.4) is 0 Å². The van der Waals surface area contributed by atoms with Crippen LogP contribution in [-0.4, -0.2) is 5.11 Å². The van der Waals surface area contributed by atoms with Crippen LogP contribution in [0.4, 0.5) is 0 Å². The third-order valence-corrected chi connectivity index (χ3v) is 3.42. The van der Waals surface area contributed by atoms with Crippen molar-refractivity contribution in [3.05, 3.63) is 54.6 Å². The number of hydrogen-bond donors (Lipinski definition) is 1. The van der Waals surface area contributed by atoms with E-state index >= 15 is 0 Å². The molecule has 0 aliphatic rings. The molecule has 0 saturated heterocycles. The molecule has 0 heterocycles. The van der Waals surface area contributed by atoms with E-state index in [1.165, 1.54) is 16.2 Å². The molecule has 0 radical (unpaired) electrons. The minimum absolute atomic E-state index is 0. The first-order valence-corrected chi connectivity index (χ1v) is 5.62. The Bertz CT molecular complexity index is 836. The average Bonchev–Trinajstić information content (AvgIpc) is 2.38. The van der Waals surface area contributed by atoms with Crippen molar-refractivity contribution in [2.24, 2.45) is 0 Å². The molecule has 2 heteroatoms. The van der Waals surface area contributed by atoms with Crippen molar-refractivity contribution in [3.8, 4) is 5.75 Å². The molecule has 4 aromatic rings. The van der Waals surface area contributed by atoms with E-state index in [-0.39, 0.29) is 29.6 Å². The standard InChI is InChI=1S/C16H9O.Na/c17-14-9-7-12-5-4-10-2-1-3-11-6-8-13(14)16(12)15(10)11;/h1-6,8-9,17H;/q-1;+1. The Morgan fingerprint density at radius 2 is 1.56 bits per heavy atom. The molecular weight excluding hydrogens is 231 g/mol. The first-order valence-electron chi connectivity index (χ1n) is 5.62. The second-order valence-corrected chi connectivity index (χ2v) is 4.35. The summed E-state index contributed by atoms with van der Waals surface area (Å²) in [6.45, 7) is 0. The van der Waals surface area contributed by atoms with Gasteiger partial charge >= 0.3 is 29.6 Å². The van der Waals surface area contributed by atoms with Gasteiger partial charge in [-0.25, -0.2) is 0 Å². The van der Waals surface area contributed by atoms with Gasteiger partial charge in [-0.15, -0.1) is 23.6 Å². The van der Waals surface area contributed by atoms with Crippen LogP contribution in [0.25, 0.3) is 32.3 Å². The van der Waals surface area contributed by atoms with Crippen molar-refractivity contribution in [2.45, 2.75) is 0 Å². The summed E-state index contributed by atoms with van der Waals surface area (Å²) in [4.78, 5) is 0. The first kappa shape index (κ1) is 11.8. The summed E-state index contributed by atoms with van der Waals surface area (Å²) >= 11 is 0. The van der Waals surface area contributed by atoms with E-state index in [2.05, 4.69) is 42.5 Å². The topological polar surface area (TPSA) is 20.2 Å². The predicted octanol–water partition coefficient (Wildman–Crippen LogP) is 1.09. The largest absolute Gasteiger partial charge is 1.00 e. The molecule has 0 fully saturated rings. The number of phenols is 1. The minimum Gasteiger partial charge on any atom is -0.551 e. The van der Waals surface area contributed by atoms with E-state index in [9.17, 15) is 5.11 Å². The van der Waals surface area contributed by atoms with Gasteiger partial charge in [-0.1, -0.05) is 47.2 Å². The van der Waals surface area contributed by atoms with Gasteiger partial charge < -0.3 is 5.11 Å². The smallest absolute Gasteiger partial charge is 0.551 e. The summed E-state index contributed by atoms with van der Waals surface area (Å²) in [6.07, 6.45) is 0. The second kappa shape index (κ2) is 4.13. The van der Waals surface area contributed by atoms with Gasteiger partial charge in [0.05, 0.1) is 0 Å². The first-order chi connectivity index (χ1) is 8.34. The molecule has 1 nitrogen and oxygen atoms in total. The molecule has 0 atom stereocenters. The van der Waals surface area contributed by atoms with Crippen LogP contribution >= 0.6 is 0 Å². The summed E-state index contributed by atoms with van der Waals surface area (Å²) in [5, 5.41) is 16.6. The fourth-order valence-electron chi connectivity index (χ4n) is 2.64. The maximum atomic E-state index is 9.91. The quantitative estimate of drug-likeness (QED) is 0.277. The van der Waals surface area contributed by atoms with Gasteiger partial charge in [-0.3, -0.25) is 0 Å². The second-order valence-electron chi connectivity index (χ2n) is 4.35. The maximum Gasteiger partial charge on any atom is 1.00 e. The number of benzene rings is 4. The third-order valence-electron chi connectivity index (χ3n) is 3.42. The predicted molar refractivity (Wildman–Crippen MR) is 70.6 cm³/mol. The molecule has 4 rings (SSSR count). The van der Waals surface area contributed by atoms with Crippen LogP contribution in [0.5, 0.6) is 5.75 Å². The molecule has 18 heavy (non-hydrogen) atoms. The molecule has 4 aromatic carbocycles. The van der Waals surface area contributed by atoms with Gasteiger partial charge in [-0.05, 0) is 16.2 Å². The van der Waals surface area contributed by atoms with Gasteiger partial charge in [-0.2, -0.15) is 0 Å². The van der Waals surface area contributed by atoms with Crippen molar-refractivity contribution in [1.29, 1.82) is 0 Å². The molecule has 0 saturated carbocycles. The number of phenolic OH excluding ortho intramolecular Hbond substituents is 1. The SMILES string of the molecule is Oc1c[c-]c2ccc3cccc4ccc1c2c34.[Na+]. The molecule has 80 valence electrons. The van der Waals surface area contributed by atoms with Gasteiger partial charge in [0.15, 0.2) is 0 Å². The number of rotatable bonds is 0. The molecule has 1 N–H and O–H groups in total. The Morgan fingerprint density at radius 1 is 0.833 bits per heavy atom. The van der Waals surface area contributed by atoms with Crippen LogP contribution in [0.1, 0.15) is 0 Å². The Labute approximate surface area is 127 Å². The van der Waals surface area contributed by atoms with Gasteiger partial charge in [0.2, 0.25) is 0 Å². The Hall–Kier alpha value is -1.28. The molecule has 0 aromatic heterocycles. The fourth-order valence-corrected chi connectivity index (χ4v) is 2.64. The zero-order valence-electron chi connectivity index (χ0n) is 10.1. The molecule has 0 amide bonds. The van der Waals surface area contributed by atoms with Crippen LogP contribution in [0, 0.1) is 6.07 Å². The Kier molecular flexibility index (Phi) is 2.70. The van der Waals surface area contributed by atoms with Crippen LogP contribution in [-0.2, 0) is 0 Å². The van der Waals surface area contributed by atoms with Gasteiger partial charge in [0.25, 0.3) is 0 Å². The molecule has 0 spiro atoms. The summed E-state index contributed by atoms with van der Waals surface area (Å²) < 4.78 is 0. The van der Waals surface area contributed by atoms with Gasteiger partial charge in [0, 0.05) is 5.75 Å². The molecule has 0 unspecified atom stereocenters. The van der Waals surface area contributed by atoms with Crippen molar-refractivity contribution < 1.29 is 34.7 Å². The summed E-state index contributed by atoms with van der Waals surface area (Å²) in [7, 11) is 0. The summed E-state index contributed by atoms with van der Waals surface area (Å²) in [5.74, 6) is 0.302. The summed E-state index contributed by atoms with van der Waals surface area (Å²) in [5.41, 5.74) is 0. The van der Waals surface area contributed by atoms with E-state index in [0.717, 1.165) is 16.2 Å². The summed E-state index contributed by atoms with van der Waals surface area (Å²) in [6, 6.07) is 19.2. The Morgan fingerprint density at radius 3 is 2.33 bits per heavy atom. The van der Waals surface area contributed by atoms with Crippen LogP contribution < -0.4 is 29.6 Å². The van der Waals surface area contributed by atoms with E-state index in [1.807, 2.05) is 6.07 Å². The van der Waals surface area contributed by atoms with E-state index in [0.29, 0.717) is 5.75 Å². The van der Waals surface area contributed by atoms with Crippen molar-refractivity contribution in [3.63, 3.8) is 0 Å². The number of hydrogen-bond acceptors (Lipinski definition) is 1. The zero-order chi connectivity index (χ0) is 11.4. The van der Waals surface area contributed by atoms with E-state index in [1.54, 1.807) is 6.07 Å². The molecule has 0 aliphatic heterocycles. The van der Waals surface area contributed by atoms with Crippen molar-refractivity contribution in [2.75, 3.05) is 0 Å². The third kappa shape index (κ3) is 1.45.